The number of morpholine rings is 1. The predicted molar refractivity (Wildman–Crippen MR) is 87.7 cm³/mol. The van der Waals surface area contributed by atoms with Crippen molar-refractivity contribution in [2.45, 2.75) is 12.8 Å². The number of amides is 1. The molecule has 0 aromatic heterocycles. The second-order valence-corrected chi connectivity index (χ2v) is 5.26. The lowest BCUT2D eigenvalue weighted by molar-refractivity contribution is -0.116. The van der Waals surface area contributed by atoms with Gasteiger partial charge in [0.25, 0.3) is 0 Å². The molecule has 0 unspecified atom stereocenters. The molecule has 7 heteroatoms. The zero-order valence-corrected chi connectivity index (χ0v) is 13.3. The molecule has 0 bridgehead atoms. The number of rotatable bonds is 6. The standard InChI is InChI=1S/C16H23N3O4/c1-22-16(21)13-11-12(19-7-9-23-10-8-19)4-5-14(13)18-15(20)3-2-6-17/h4-5,11H,2-3,6-10,17H2,1H3,(H,18,20). The molecule has 126 valence electrons. The third kappa shape index (κ3) is 4.67. The van der Waals surface area contributed by atoms with Crippen molar-refractivity contribution < 1.29 is 19.1 Å². The van der Waals surface area contributed by atoms with Gasteiger partial charge in [-0.1, -0.05) is 0 Å². The third-order valence-corrected chi connectivity index (χ3v) is 3.67. The molecular weight excluding hydrogens is 298 g/mol. The number of carbonyl (C=O) groups is 2. The van der Waals surface area contributed by atoms with Crippen LogP contribution in [0.15, 0.2) is 18.2 Å². The van der Waals surface area contributed by atoms with Crippen molar-refractivity contribution in [1.82, 2.24) is 0 Å². The minimum atomic E-state index is -0.478. The Kier molecular flexibility index (Phi) is 6.37. The van der Waals surface area contributed by atoms with Crippen LogP contribution in [0.1, 0.15) is 23.2 Å². The summed E-state index contributed by atoms with van der Waals surface area (Å²) in [7, 11) is 1.32. The molecule has 0 atom stereocenters. The summed E-state index contributed by atoms with van der Waals surface area (Å²) in [5.41, 5.74) is 7.11. The van der Waals surface area contributed by atoms with Gasteiger partial charge < -0.3 is 25.4 Å². The summed E-state index contributed by atoms with van der Waals surface area (Å²) in [6, 6.07) is 5.36. The van der Waals surface area contributed by atoms with Gasteiger partial charge in [-0.15, -0.1) is 0 Å². The Hall–Kier alpha value is -2.12. The molecule has 0 radical (unpaired) electrons. The molecule has 1 aliphatic heterocycles. The van der Waals surface area contributed by atoms with Crippen LogP contribution in [0.4, 0.5) is 11.4 Å². The van der Waals surface area contributed by atoms with E-state index < -0.39 is 5.97 Å². The van der Waals surface area contributed by atoms with E-state index in [0.717, 1.165) is 18.8 Å². The highest BCUT2D eigenvalue weighted by Gasteiger charge is 2.18. The molecule has 1 amide bonds. The van der Waals surface area contributed by atoms with E-state index in [9.17, 15) is 9.59 Å². The van der Waals surface area contributed by atoms with Gasteiger partial charge >= 0.3 is 5.97 Å². The Morgan fingerprint density at radius 1 is 1.35 bits per heavy atom. The number of esters is 1. The third-order valence-electron chi connectivity index (χ3n) is 3.67. The van der Waals surface area contributed by atoms with Crippen LogP contribution in [0.2, 0.25) is 0 Å². The Morgan fingerprint density at radius 3 is 2.74 bits per heavy atom. The highest BCUT2D eigenvalue weighted by Crippen LogP contribution is 2.25. The van der Waals surface area contributed by atoms with E-state index in [1.165, 1.54) is 7.11 Å². The fourth-order valence-corrected chi connectivity index (χ4v) is 2.41. The molecule has 1 aromatic rings. The average Bonchev–Trinajstić information content (AvgIpc) is 2.60. The highest BCUT2D eigenvalue weighted by atomic mass is 16.5. The molecular formula is C16H23N3O4. The summed E-state index contributed by atoms with van der Waals surface area (Å²) >= 11 is 0. The molecule has 0 saturated carbocycles. The van der Waals surface area contributed by atoms with Gasteiger partial charge in [-0.05, 0) is 31.2 Å². The topological polar surface area (TPSA) is 93.9 Å². The van der Waals surface area contributed by atoms with Crippen molar-refractivity contribution in [3.8, 4) is 0 Å². The van der Waals surface area contributed by atoms with E-state index in [0.29, 0.717) is 43.9 Å². The monoisotopic (exact) mass is 321 g/mol. The van der Waals surface area contributed by atoms with Crippen LogP contribution in [-0.4, -0.2) is 51.8 Å². The number of anilines is 2. The number of methoxy groups -OCH3 is 1. The predicted octanol–water partition coefficient (Wildman–Crippen LogP) is 0.987. The first kappa shape index (κ1) is 17.2. The zero-order valence-electron chi connectivity index (χ0n) is 13.3. The number of nitrogens with one attached hydrogen (secondary N) is 1. The molecule has 0 spiro atoms. The van der Waals surface area contributed by atoms with Gasteiger partial charge in [0.1, 0.15) is 0 Å². The van der Waals surface area contributed by atoms with Crippen molar-refractivity contribution in [3.05, 3.63) is 23.8 Å². The van der Waals surface area contributed by atoms with Gasteiger partial charge in [-0.2, -0.15) is 0 Å². The first-order chi connectivity index (χ1) is 11.2. The SMILES string of the molecule is COC(=O)c1cc(N2CCOCC2)ccc1NC(=O)CCCN. The normalized spacial score (nSPS) is 14.4. The fraction of sp³-hybridized carbons (Fsp3) is 0.500. The van der Waals surface area contributed by atoms with E-state index in [1.54, 1.807) is 12.1 Å². The van der Waals surface area contributed by atoms with E-state index in [-0.39, 0.29) is 5.91 Å². The van der Waals surface area contributed by atoms with E-state index in [1.807, 2.05) is 6.07 Å². The number of nitrogens with two attached hydrogens (primary N) is 1. The first-order valence-corrected chi connectivity index (χ1v) is 7.70. The minimum absolute atomic E-state index is 0.167. The molecule has 1 saturated heterocycles. The van der Waals surface area contributed by atoms with Gasteiger partial charge in [-0.25, -0.2) is 4.79 Å². The number of hydrogen-bond donors (Lipinski definition) is 2. The second-order valence-electron chi connectivity index (χ2n) is 5.26. The van der Waals surface area contributed by atoms with Gasteiger partial charge in [0.15, 0.2) is 0 Å². The molecule has 1 heterocycles. The molecule has 7 nitrogen and oxygen atoms in total. The highest BCUT2D eigenvalue weighted by molar-refractivity contribution is 6.02. The van der Waals surface area contributed by atoms with Crippen molar-refractivity contribution in [2.75, 3.05) is 50.2 Å². The van der Waals surface area contributed by atoms with Crippen LogP contribution >= 0.6 is 0 Å². The van der Waals surface area contributed by atoms with Crippen LogP contribution < -0.4 is 16.0 Å². The van der Waals surface area contributed by atoms with Crippen LogP contribution in [0, 0.1) is 0 Å². The lowest BCUT2D eigenvalue weighted by Gasteiger charge is -2.29. The quantitative estimate of drug-likeness (QED) is 0.759. The number of ether oxygens (including phenoxy) is 2. The summed E-state index contributed by atoms with van der Waals surface area (Å²) < 4.78 is 10.2. The molecule has 23 heavy (non-hydrogen) atoms. The Morgan fingerprint density at radius 2 is 2.09 bits per heavy atom. The Bertz CT molecular complexity index is 556. The van der Waals surface area contributed by atoms with E-state index >= 15 is 0 Å². The molecule has 3 N–H and O–H groups in total. The van der Waals surface area contributed by atoms with Gasteiger partial charge in [0.2, 0.25) is 5.91 Å². The molecule has 0 aliphatic carbocycles. The van der Waals surface area contributed by atoms with Crippen LogP contribution in [0.5, 0.6) is 0 Å². The number of carbonyl (C=O) groups excluding carboxylic acids is 2. The molecule has 1 fully saturated rings. The number of benzene rings is 1. The van der Waals surface area contributed by atoms with Crippen molar-refractivity contribution in [3.63, 3.8) is 0 Å². The van der Waals surface area contributed by atoms with Crippen LogP contribution in [0.3, 0.4) is 0 Å². The Balaban J connectivity index is 2.20. The van der Waals surface area contributed by atoms with Crippen molar-refractivity contribution in [2.24, 2.45) is 5.73 Å². The van der Waals surface area contributed by atoms with Gasteiger partial charge in [0.05, 0.1) is 31.6 Å². The second kappa shape index (κ2) is 8.50. The summed E-state index contributed by atoms with van der Waals surface area (Å²) in [4.78, 5) is 26.0. The molecule has 1 aliphatic rings. The van der Waals surface area contributed by atoms with Gasteiger partial charge in [-0.3, -0.25) is 4.79 Å². The lowest BCUT2D eigenvalue weighted by atomic mass is 10.1. The van der Waals surface area contributed by atoms with Gasteiger partial charge in [0, 0.05) is 25.2 Å². The summed E-state index contributed by atoms with van der Waals surface area (Å²) in [6.45, 7) is 3.30. The lowest BCUT2D eigenvalue weighted by Crippen LogP contribution is -2.36. The largest absolute Gasteiger partial charge is 0.465 e. The number of nitrogens with zero attached hydrogens (tertiary/aromatic N) is 1. The zero-order chi connectivity index (χ0) is 16.7. The van der Waals surface area contributed by atoms with Crippen LogP contribution in [0.25, 0.3) is 0 Å². The van der Waals surface area contributed by atoms with E-state index in [4.69, 9.17) is 15.2 Å². The summed E-state index contributed by atoms with van der Waals surface area (Å²) in [5.74, 6) is -0.644. The van der Waals surface area contributed by atoms with Crippen molar-refractivity contribution in [1.29, 1.82) is 0 Å². The maximum Gasteiger partial charge on any atom is 0.340 e. The van der Waals surface area contributed by atoms with E-state index in [2.05, 4.69) is 10.2 Å². The minimum Gasteiger partial charge on any atom is -0.465 e. The fourth-order valence-electron chi connectivity index (χ4n) is 2.41. The summed E-state index contributed by atoms with van der Waals surface area (Å²) in [5, 5.41) is 2.75. The Labute approximate surface area is 135 Å². The molecule has 1 aromatic carbocycles. The molecule has 2 rings (SSSR count). The average molecular weight is 321 g/mol. The van der Waals surface area contributed by atoms with Crippen molar-refractivity contribution >= 4 is 23.3 Å². The summed E-state index contributed by atoms with van der Waals surface area (Å²) in [6.07, 6.45) is 0.924. The maximum absolute atomic E-state index is 12.0. The van der Waals surface area contributed by atoms with Crippen LogP contribution in [-0.2, 0) is 14.3 Å². The smallest absolute Gasteiger partial charge is 0.340 e. The maximum atomic E-state index is 12.0. The number of hydrogen-bond acceptors (Lipinski definition) is 6. The first-order valence-electron chi connectivity index (χ1n) is 7.70.